The molecule has 1 rings (SSSR count). The van der Waals surface area contributed by atoms with E-state index in [2.05, 4.69) is 0 Å². The van der Waals surface area contributed by atoms with Gasteiger partial charge in [0.25, 0.3) is 0 Å². The van der Waals surface area contributed by atoms with Crippen molar-refractivity contribution < 1.29 is 18.9 Å². The number of amides is 1. The molecule has 0 saturated carbocycles. The zero-order valence-corrected chi connectivity index (χ0v) is 10.1. The number of carboxylic acids is 1. The Bertz CT molecular complexity index is 455. The van der Waals surface area contributed by atoms with E-state index in [0.29, 0.717) is 5.56 Å². The molecule has 0 spiro atoms. The van der Waals surface area contributed by atoms with E-state index >= 15 is 0 Å². The molecule has 0 aliphatic heterocycles. The first-order chi connectivity index (χ1) is 7.91. The Balaban J connectivity index is 3.01. The molecule has 1 aromatic carbocycles. The van der Waals surface area contributed by atoms with Crippen LogP contribution in [0.5, 0.6) is 0 Å². The maximum Gasteiger partial charge on any atom is 0.316 e. The topological polar surface area (TPSA) is 97.5 Å². The van der Waals surface area contributed by atoms with Gasteiger partial charge in [0.05, 0.1) is 0 Å². The second-order valence-corrected chi connectivity index (χ2v) is 5.13. The van der Waals surface area contributed by atoms with E-state index in [0.717, 1.165) is 5.56 Å². The lowest BCUT2D eigenvalue weighted by molar-refractivity contribution is -0.133. The summed E-state index contributed by atoms with van der Waals surface area (Å²) in [6.45, 7) is 1.87. The second-order valence-electron chi connectivity index (χ2n) is 3.61. The van der Waals surface area contributed by atoms with Gasteiger partial charge < -0.3 is 10.8 Å². The quantitative estimate of drug-likeness (QED) is 0.793. The van der Waals surface area contributed by atoms with Gasteiger partial charge in [-0.25, -0.2) is 0 Å². The zero-order valence-electron chi connectivity index (χ0n) is 9.25. The highest BCUT2D eigenvalue weighted by molar-refractivity contribution is 7.86. The average Bonchev–Trinajstić information content (AvgIpc) is 2.19. The number of benzene rings is 1. The Morgan fingerprint density at radius 3 is 2.29 bits per heavy atom. The van der Waals surface area contributed by atoms with Gasteiger partial charge in [0, 0.05) is 10.8 Å². The van der Waals surface area contributed by atoms with Crippen molar-refractivity contribution in [3.8, 4) is 0 Å². The van der Waals surface area contributed by atoms with Gasteiger partial charge in [-0.3, -0.25) is 13.8 Å². The number of aryl methyl sites for hydroxylation is 1. The van der Waals surface area contributed by atoms with Gasteiger partial charge in [-0.15, -0.1) is 0 Å². The summed E-state index contributed by atoms with van der Waals surface area (Å²) < 4.78 is 11.7. The molecule has 0 aliphatic rings. The van der Waals surface area contributed by atoms with E-state index < -0.39 is 33.7 Å². The maximum atomic E-state index is 11.7. The largest absolute Gasteiger partial charge is 0.481 e. The molecule has 17 heavy (non-hydrogen) atoms. The van der Waals surface area contributed by atoms with Gasteiger partial charge in [0.1, 0.15) is 11.0 Å². The molecule has 0 bridgehead atoms. The van der Waals surface area contributed by atoms with Crippen molar-refractivity contribution in [3.63, 3.8) is 0 Å². The normalized spacial score (nSPS) is 13.9. The first-order valence-corrected chi connectivity index (χ1v) is 6.25. The van der Waals surface area contributed by atoms with Gasteiger partial charge in [-0.2, -0.15) is 0 Å². The molecule has 2 unspecified atom stereocenters. The molecule has 0 saturated heterocycles. The first kappa shape index (κ1) is 13.4. The van der Waals surface area contributed by atoms with E-state index in [9.17, 15) is 13.8 Å². The highest BCUT2D eigenvalue weighted by atomic mass is 32.2. The summed E-state index contributed by atoms with van der Waals surface area (Å²) in [5.74, 6) is -2.60. The molecule has 0 heterocycles. The Morgan fingerprint density at radius 2 is 1.88 bits per heavy atom. The summed E-state index contributed by atoms with van der Waals surface area (Å²) >= 11 is 0. The lowest BCUT2D eigenvalue weighted by Crippen LogP contribution is -2.28. The molecule has 5 nitrogen and oxygen atoms in total. The number of aliphatic carboxylic acids is 1. The standard InChI is InChI=1S/C11H13NO4S/c1-7-2-4-8(5-3-7)10(11(12)15)17(16)6-9(13)14/h2-5,10H,6H2,1H3,(H2,12,15)(H,13,14). The van der Waals surface area contributed by atoms with Crippen LogP contribution in [0.25, 0.3) is 0 Å². The fraction of sp³-hybridized carbons (Fsp3) is 0.273. The molecule has 0 fully saturated rings. The predicted molar refractivity (Wildman–Crippen MR) is 63.8 cm³/mol. The number of primary amides is 1. The molecule has 6 heteroatoms. The number of rotatable bonds is 5. The van der Waals surface area contributed by atoms with Crippen molar-refractivity contribution in [1.29, 1.82) is 0 Å². The number of hydrogen-bond acceptors (Lipinski definition) is 3. The third-order valence-electron chi connectivity index (χ3n) is 2.17. The van der Waals surface area contributed by atoms with E-state index in [4.69, 9.17) is 10.8 Å². The van der Waals surface area contributed by atoms with Gasteiger partial charge in [-0.05, 0) is 12.5 Å². The maximum absolute atomic E-state index is 11.7. The van der Waals surface area contributed by atoms with Gasteiger partial charge >= 0.3 is 5.97 Å². The predicted octanol–water partition coefficient (Wildman–Crippen LogP) is 0.355. The molecule has 3 N–H and O–H groups in total. The Morgan fingerprint density at radius 1 is 1.35 bits per heavy atom. The van der Waals surface area contributed by atoms with Crippen LogP contribution in [0.1, 0.15) is 16.4 Å². The third kappa shape index (κ3) is 3.67. The van der Waals surface area contributed by atoms with Crippen molar-refractivity contribution >= 4 is 22.7 Å². The number of carboxylic acid groups (broad SMARTS) is 1. The Hall–Kier alpha value is -1.69. The van der Waals surface area contributed by atoms with Crippen LogP contribution in [0.2, 0.25) is 0 Å². The van der Waals surface area contributed by atoms with Gasteiger partial charge in [0.15, 0.2) is 0 Å². The minimum Gasteiger partial charge on any atom is -0.481 e. The lowest BCUT2D eigenvalue weighted by Gasteiger charge is -2.12. The fourth-order valence-corrected chi connectivity index (χ4v) is 2.52. The number of carbonyl (C=O) groups excluding carboxylic acids is 1. The highest BCUT2D eigenvalue weighted by Crippen LogP contribution is 2.20. The molecule has 0 aromatic heterocycles. The molecule has 0 radical (unpaired) electrons. The zero-order chi connectivity index (χ0) is 13.0. The molecular formula is C11H13NO4S. The number of hydrogen-bond donors (Lipinski definition) is 2. The van der Waals surface area contributed by atoms with Crippen molar-refractivity contribution in [2.24, 2.45) is 5.73 Å². The van der Waals surface area contributed by atoms with Crippen molar-refractivity contribution in [2.45, 2.75) is 12.2 Å². The van der Waals surface area contributed by atoms with E-state index in [1.165, 1.54) is 0 Å². The van der Waals surface area contributed by atoms with Crippen LogP contribution in [-0.4, -0.2) is 26.9 Å². The van der Waals surface area contributed by atoms with E-state index in [1.54, 1.807) is 24.3 Å². The molecule has 0 aliphatic carbocycles. The number of nitrogens with two attached hydrogens (primary N) is 1. The smallest absolute Gasteiger partial charge is 0.316 e. The van der Waals surface area contributed by atoms with Gasteiger partial charge in [-0.1, -0.05) is 29.8 Å². The molecular weight excluding hydrogens is 242 g/mol. The Labute approximate surface area is 101 Å². The summed E-state index contributed by atoms with van der Waals surface area (Å²) in [4.78, 5) is 21.7. The van der Waals surface area contributed by atoms with E-state index in [-0.39, 0.29) is 0 Å². The molecule has 1 amide bonds. The first-order valence-electron chi connectivity index (χ1n) is 4.86. The van der Waals surface area contributed by atoms with Crippen LogP contribution in [-0.2, 0) is 20.4 Å². The van der Waals surface area contributed by atoms with Crippen LogP contribution in [0.3, 0.4) is 0 Å². The van der Waals surface area contributed by atoms with Crippen molar-refractivity contribution in [3.05, 3.63) is 35.4 Å². The number of carbonyl (C=O) groups is 2. The summed E-state index contributed by atoms with van der Waals surface area (Å²) in [6, 6.07) is 6.77. The van der Waals surface area contributed by atoms with Gasteiger partial charge in [0.2, 0.25) is 5.91 Å². The summed E-state index contributed by atoms with van der Waals surface area (Å²) in [5, 5.41) is 7.48. The van der Waals surface area contributed by atoms with E-state index in [1.807, 2.05) is 6.92 Å². The SMILES string of the molecule is Cc1ccc(C(C(N)=O)S(=O)CC(=O)O)cc1. The molecule has 92 valence electrons. The summed E-state index contributed by atoms with van der Waals surface area (Å²) in [6.07, 6.45) is 0. The van der Waals surface area contributed by atoms with Crippen LogP contribution < -0.4 is 5.73 Å². The Kier molecular flexibility index (Phi) is 4.39. The summed E-state index contributed by atoms with van der Waals surface area (Å²) in [7, 11) is -1.85. The minimum absolute atomic E-state index is 0.475. The second kappa shape index (κ2) is 5.58. The lowest BCUT2D eigenvalue weighted by atomic mass is 10.1. The minimum atomic E-state index is -1.85. The summed E-state index contributed by atoms with van der Waals surface area (Å²) in [5.41, 5.74) is 6.62. The molecule has 1 aromatic rings. The van der Waals surface area contributed by atoms with Crippen molar-refractivity contribution in [1.82, 2.24) is 0 Å². The van der Waals surface area contributed by atoms with Crippen LogP contribution in [0, 0.1) is 6.92 Å². The monoisotopic (exact) mass is 255 g/mol. The van der Waals surface area contributed by atoms with Crippen LogP contribution in [0.15, 0.2) is 24.3 Å². The van der Waals surface area contributed by atoms with Crippen LogP contribution >= 0.6 is 0 Å². The highest BCUT2D eigenvalue weighted by Gasteiger charge is 2.26. The van der Waals surface area contributed by atoms with Crippen molar-refractivity contribution in [2.75, 3.05) is 5.75 Å². The molecule has 2 atom stereocenters. The average molecular weight is 255 g/mol. The fourth-order valence-electron chi connectivity index (χ4n) is 1.39. The van der Waals surface area contributed by atoms with Crippen LogP contribution in [0.4, 0.5) is 0 Å². The third-order valence-corrected chi connectivity index (χ3v) is 3.73.